The molecule has 1 amide bonds. The van der Waals surface area contributed by atoms with Crippen LogP contribution in [0.4, 0.5) is 0 Å². The molecular weight excluding hydrogens is 152 g/mol. The predicted molar refractivity (Wildman–Crippen MR) is 48.7 cm³/mol. The van der Waals surface area contributed by atoms with E-state index in [2.05, 4.69) is 5.32 Å². The molecule has 1 rings (SSSR count). The minimum absolute atomic E-state index is 0.186. The van der Waals surface area contributed by atoms with Crippen LogP contribution in [0.2, 0.25) is 0 Å². The molecule has 1 aliphatic carbocycles. The highest BCUT2D eigenvalue weighted by molar-refractivity contribution is 5.85. The maximum absolute atomic E-state index is 11.2. The van der Waals surface area contributed by atoms with Crippen molar-refractivity contribution < 1.29 is 4.79 Å². The molecule has 12 heavy (non-hydrogen) atoms. The largest absolute Gasteiger partial charge is 0.368 e. The van der Waals surface area contributed by atoms with Gasteiger partial charge in [0.05, 0.1) is 5.54 Å². The molecule has 0 aliphatic heterocycles. The van der Waals surface area contributed by atoms with E-state index in [0.717, 1.165) is 25.7 Å². The maximum Gasteiger partial charge on any atom is 0.237 e. The summed E-state index contributed by atoms with van der Waals surface area (Å²) in [5.41, 5.74) is 4.98. The lowest BCUT2D eigenvalue weighted by molar-refractivity contribution is -0.124. The number of nitrogens with one attached hydrogen (secondary N) is 1. The van der Waals surface area contributed by atoms with Crippen LogP contribution in [-0.2, 0) is 4.79 Å². The monoisotopic (exact) mass is 170 g/mol. The second-order valence-corrected chi connectivity index (χ2v) is 3.95. The first-order chi connectivity index (χ1) is 5.57. The van der Waals surface area contributed by atoms with Crippen LogP contribution in [0.15, 0.2) is 0 Å². The molecule has 0 radical (unpaired) electrons. The Bertz CT molecular complexity index is 171. The molecule has 0 spiro atoms. The molecule has 0 unspecified atom stereocenters. The zero-order valence-corrected chi connectivity index (χ0v) is 7.89. The highest BCUT2D eigenvalue weighted by Gasteiger charge is 2.39. The Morgan fingerprint density at radius 3 is 2.25 bits per heavy atom. The summed E-state index contributed by atoms with van der Waals surface area (Å²) in [4.78, 5) is 11.2. The van der Waals surface area contributed by atoms with E-state index < -0.39 is 5.54 Å². The molecule has 3 nitrogen and oxygen atoms in total. The summed E-state index contributed by atoms with van der Waals surface area (Å²) in [6.45, 7) is 4.09. The lowest BCUT2D eigenvalue weighted by atomic mass is 9.96. The molecule has 0 saturated heterocycles. The van der Waals surface area contributed by atoms with Crippen LogP contribution in [0.5, 0.6) is 0 Å². The van der Waals surface area contributed by atoms with Crippen molar-refractivity contribution in [2.75, 3.05) is 0 Å². The summed E-state index contributed by atoms with van der Waals surface area (Å²) in [5.74, 6) is -0.186. The quantitative estimate of drug-likeness (QED) is 0.657. The van der Waals surface area contributed by atoms with Crippen molar-refractivity contribution in [2.24, 2.45) is 5.73 Å². The Kier molecular flexibility index (Phi) is 2.73. The van der Waals surface area contributed by atoms with Crippen molar-refractivity contribution in [1.82, 2.24) is 5.32 Å². The standard InChI is InChI=1S/C9H18N2O/c1-7(2)11-9(8(10)12)5-3-4-6-9/h7,11H,3-6H2,1-2H3,(H2,10,12). The maximum atomic E-state index is 11.2. The summed E-state index contributed by atoms with van der Waals surface area (Å²) in [5, 5.41) is 3.28. The molecular formula is C9H18N2O. The Morgan fingerprint density at radius 2 is 1.92 bits per heavy atom. The molecule has 0 bridgehead atoms. The summed E-state index contributed by atoms with van der Waals surface area (Å²) < 4.78 is 0. The molecule has 3 N–H and O–H groups in total. The summed E-state index contributed by atoms with van der Waals surface area (Å²) >= 11 is 0. The highest BCUT2D eigenvalue weighted by atomic mass is 16.1. The molecule has 70 valence electrons. The van der Waals surface area contributed by atoms with Gasteiger partial charge in [-0.1, -0.05) is 12.8 Å². The third-order valence-corrected chi connectivity index (χ3v) is 2.49. The first kappa shape index (κ1) is 9.52. The van der Waals surface area contributed by atoms with Gasteiger partial charge in [0.2, 0.25) is 5.91 Å². The molecule has 1 aliphatic rings. The van der Waals surface area contributed by atoms with Crippen LogP contribution in [0.1, 0.15) is 39.5 Å². The summed E-state index contributed by atoms with van der Waals surface area (Å²) in [6.07, 6.45) is 4.03. The van der Waals surface area contributed by atoms with Crippen molar-refractivity contribution in [3.8, 4) is 0 Å². The smallest absolute Gasteiger partial charge is 0.237 e. The predicted octanol–water partition coefficient (Wildman–Crippen LogP) is 0.782. The number of hydrogen-bond donors (Lipinski definition) is 2. The molecule has 0 aromatic carbocycles. The van der Waals surface area contributed by atoms with Crippen molar-refractivity contribution in [3.05, 3.63) is 0 Å². The van der Waals surface area contributed by atoms with Gasteiger partial charge < -0.3 is 11.1 Å². The zero-order chi connectivity index (χ0) is 9.19. The van der Waals surface area contributed by atoms with Gasteiger partial charge in [0.25, 0.3) is 0 Å². The number of carbonyl (C=O) groups is 1. The molecule has 1 saturated carbocycles. The Labute approximate surface area is 73.7 Å². The number of nitrogens with two attached hydrogens (primary N) is 1. The minimum atomic E-state index is -0.395. The van der Waals surface area contributed by atoms with Crippen molar-refractivity contribution in [3.63, 3.8) is 0 Å². The Hall–Kier alpha value is -0.570. The van der Waals surface area contributed by atoms with E-state index >= 15 is 0 Å². The first-order valence-electron chi connectivity index (χ1n) is 4.64. The van der Waals surface area contributed by atoms with Gasteiger partial charge in [-0.3, -0.25) is 4.79 Å². The van der Waals surface area contributed by atoms with Gasteiger partial charge in [-0.05, 0) is 26.7 Å². The fraction of sp³-hybridized carbons (Fsp3) is 0.889. The van der Waals surface area contributed by atoms with Crippen LogP contribution in [0.3, 0.4) is 0 Å². The number of primary amides is 1. The Morgan fingerprint density at radius 1 is 1.42 bits per heavy atom. The van der Waals surface area contributed by atoms with Gasteiger partial charge in [0.1, 0.15) is 0 Å². The number of rotatable bonds is 3. The van der Waals surface area contributed by atoms with Crippen LogP contribution in [0.25, 0.3) is 0 Å². The topological polar surface area (TPSA) is 55.1 Å². The lowest BCUT2D eigenvalue weighted by Gasteiger charge is -2.28. The van der Waals surface area contributed by atoms with Gasteiger partial charge in [-0.25, -0.2) is 0 Å². The van der Waals surface area contributed by atoms with Crippen molar-refractivity contribution >= 4 is 5.91 Å². The van der Waals surface area contributed by atoms with Crippen LogP contribution in [0, 0.1) is 0 Å². The fourth-order valence-corrected chi connectivity index (χ4v) is 1.99. The molecule has 0 aromatic heterocycles. The minimum Gasteiger partial charge on any atom is -0.368 e. The SMILES string of the molecule is CC(C)NC1(C(N)=O)CCCC1. The lowest BCUT2D eigenvalue weighted by Crippen LogP contribution is -2.55. The molecule has 3 heteroatoms. The summed E-state index contributed by atoms with van der Waals surface area (Å²) in [7, 11) is 0. The fourth-order valence-electron chi connectivity index (χ4n) is 1.99. The van der Waals surface area contributed by atoms with Gasteiger partial charge in [0.15, 0.2) is 0 Å². The number of carbonyl (C=O) groups excluding carboxylic acids is 1. The zero-order valence-electron chi connectivity index (χ0n) is 7.89. The van der Waals surface area contributed by atoms with E-state index in [-0.39, 0.29) is 5.91 Å². The van der Waals surface area contributed by atoms with Gasteiger partial charge in [-0.15, -0.1) is 0 Å². The second kappa shape index (κ2) is 3.44. The third-order valence-electron chi connectivity index (χ3n) is 2.49. The van der Waals surface area contributed by atoms with Crippen molar-refractivity contribution in [2.45, 2.75) is 51.1 Å². The second-order valence-electron chi connectivity index (χ2n) is 3.95. The average molecular weight is 170 g/mol. The normalized spacial score (nSPS) is 21.6. The van der Waals surface area contributed by atoms with Crippen molar-refractivity contribution in [1.29, 1.82) is 0 Å². The van der Waals surface area contributed by atoms with Crippen LogP contribution >= 0.6 is 0 Å². The van der Waals surface area contributed by atoms with Gasteiger partial charge in [0, 0.05) is 6.04 Å². The first-order valence-corrected chi connectivity index (χ1v) is 4.64. The van der Waals surface area contributed by atoms with Gasteiger partial charge in [-0.2, -0.15) is 0 Å². The highest BCUT2D eigenvalue weighted by Crippen LogP contribution is 2.29. The Balaban J connectivity index is 2.65. The van der Waals surface area contributed by atoms with Crippen LogP contribution < -0.4 is 11.1 Å². The van der Waals surface area contributed by atoms with E-state index in [1.807, 2.05) is 13.8 Å². The van der Waals surface area contributed by atoms with Gasteiger partial charge >= 0.3 is 0 Å². The third kappa shape index (κ3) is 1.78. The molecule has 0 heterocycles. The van der Waals surface area contributed by atoms with E-state index in [4.69, 9.17) is 5.73 Å². The van der Waals surface area contributed by atoms with E-state index in [0.29, 0.717) is 6.04 Å². The molecule has 1 fully saturated rings. The van der Waals surface area contributed by atoms with Crippen LogP contribution in [-0.4, -0.2) is 17.5 Å². The molecule has 0 atom stereocenters. The molecule has 0 aromatic rings. The van der Waals surface area contributed by atoms with E-state index in [9.17, 15) is 4.79 Å². The average Bonchev–Trinajstić information content (AvgIpc) is 2.35. The van der Waals surface area contributed by atoms with E-state index in [1.165, 1.54) is 0 Å². The summed E-state index contributed by atoms with van der Waals surface area (Å²) in [6, 6.07) is 0.329. The van der Waals surface area contributed by atoms with E-state index in [1.54, 1.807) is 0 Å². The number of hydrogen-bond acceptors (Lipinski definition) is 2. The number of amides is 1.